The second-order valence-electron chi connectivity index (χ2n) is 1.82. The summed E-state index contributed by atoms with van der Waals surface area (Å²) in [5.41, 5.74) is 0. The first-order valence-corrected chi connectivity index (χ1v) is 5.44. The molecule has 0 aromatic rings. The van der Waals surface area contributed by atoms with E-state index in [-0.39, 0.29) is 10.7 Å². The van der Waals surface area contributed by atoms with Crippen LogP contribution in [0.3, 0.4) is 0 Å². The Bertz CT molecular complexity index is 110. The van der Waals surface area contributed by atoms with Gasteiger partial charge in [0, 0.05) is 12.3 Å². The van der Waals surface area contributed by atoms with Crippen LogP contribution in [0.4, 0.5) is 0 Å². The van der Waals surface area contributed by atoms with Crippen molar-refractivity contribution in [3.05, 3.63) is 0 Å². The Morgan fingerprint density at radius 2 is 2.40 bits per heavy atom. The zero-order chi connectivity index (χ0) is 7.98. The maximum Gasteiger partial charge on any atom is 0.234 e. The Hall–Kier alpha value is 0.300. The van der Waals surface area contributed by atoms with E-state index in [9.17, 15) is 4.79 Å². The fraction of sp³-hybridized carbons (Fsp3) is 0.833. The fourth-order valence-electron chi connectivity index (χ4n) is 0.507. The summed E-state index contributed by atoms with van der Waals surface area (Å²) >= 11 is 4.93. The number of thioether (sulfide) groups is 1. The quantitative estimate of drug-likeness (QED) is 0.731. The van der Waals surface area contributed by atoms with Crippen molar-refractivity contribution in [1.82, 2.24) is 5.32 Å². The minimum absolute atomic E-state index is 0.0394. The average molecular weight is 226 g/mol. The highest BCUT2D eigenvalue weighted by molar-refractivity contribution is 9.10. The molecular weight excluding hydrogens is 214 g/mol. The summed E-state index contributed by atoms with van der Waals surface area (Å²) < 4.78 is 0. The average Bonchev–Trinajstić information content (AvgIpc) is 1.89. The van der Waals surface area contributed by atoms with Crippen molar-refractivity contribution >= 4 is 33.6 Å². The molecule has 0 heterocycles. The highest BCUT2D eigenvalue weighted by Gasteiger charge is 2.11. The van der Waals surface area contributed by atoms with Gasteiger partial charge in [0.25, 0.3) is 0 Å². The van der Waals surface area contributed by atoms with E-state index in [1.54, 1.807) is 11.8 Å². The number of nitrogens with one attached hydrogen (secondary N) is 1. The van der Waals surface area contributed by atoms with Gasteiger partial charge >= 0.3 is 0 Å². The first-order valence-electron chi connectivity index (χ1n) is 3.13. The van der Waals surface area contributed by atoms with Crippen molar-refractivity contribution in [2.75, 3.05) is 18.6 Å². The van der Waals surface area contributed by atoms with Crippen molar-refractivity contribution in [2.45, 2.75) is 11.8 Å². The monoisotopic (exact) mass is 225 g/mol. The van der Waals surface area contributed by atoms with Crippen LogP contribution in [-0.2, 0) is 4.79 Å². The molecule has 0 saturated carbocycles. The van der Waals surface area contributed by atoms with Crippen LogP contribution in [0.15, 0.2) is 0 Å². The van der Waals surface area contributed by atoms with Gasteiger partial charge in [-0.2, -0.15) is 11.8 Å². The Labute approximate surface area is 74.3 Å². The van der Waals surface area contributed by atoms with Gasteiger partial charge in [0.15, 0.2) is 0 Å². The number of amides is 1. The molecule has 0 spiro atoms. The van der Waals surface area contributed by atoms with Gasteiger partial charge in [0.2, 0.25) is 5.91 Å². The van der Waals surface area contributed by atoms with Crippen LogP contribution in [0.1, 0.15) is 6.92 Å². The van der Waals surface area contributed by atoms with Gasteiger partial charge in [0.05, 0.1) is 0 Å². The molecule has 0 aliphatic carbocycles. The highest BCUT2D eigenvalue weighted by Crippen LogP contribution is 2.06. The molecule has 0 fully saturated rings. The summed E-state index contributed by atoms with van der Waals surface area (Å²) in [6, 6.07) is 0. The molecule has 0 aliphatic heterocycles. The third kappa shape index (κ3) is 4.17. The third-order valence-corrected chi connectivity index (χ3v) is 2.78. The number of alkyl halides is 1. The number of carbonyl (C=O) groups excluding carboxylic acids is 1. The SMILES string of the molecule is CCNC(=O)C(Br)CSC. The molecule has 60 valence electrons. The van der Waals surface area contributed by atoms with Gasteiger partial charge in [0.1, 0.15) is 4.83 Å². The van der Waals surface area contributed by atoms with E-state index in [2.05, 4.69) is 21.2 Å². The standard InChI is InChI=1S/C6H12BrNOS/c1-3-8-6(9)5(7)4-10-2/h5H,3-4H2,1-2H3,(H,8,9). The van der Waals surface area contributed by atoms with Crippen LogP contribution in [-0.4, -0.2) is 29.3 Å². The lowest BCUT2D eigenvalue weighted by Crippen LogP contribution is -2.31. The second kappa shape index (κ2) is 6.04. The van der Waals surface area contributed by atoms with Crippen LogP contribution in [0.5, 0.6) is 0 Å². The van der Waals surface area contributed by atoms with Crippen molar-refractivity contribution < 1.29 is 4.79 Å². The van der Waals surface area contributed by atoms with Crippen molar-refractivity contribution in [1.29, 1.82) is 0 Å². The van der Waals surface area contributed by atoms with Gasteiger partial charge in [-0.25, -0.2) is 0 Å². The summed E-state index contributed by atoms with van der Waals surface area (Å²) in [5, 5.41) is 2.73. The molecule has 4 heteroatoms. The van der Waals surface area contributed by atoms with Crippen LogP contribution in [0.2, 0.25) is 0 Å². The number of carbonyl (C=O) groups is 1. The molecule has 1 atom stereocenters. The van der Waals surface area contributed by atoms with Crippen molar-refractivity contribution in [3.63, 3.8) is 0 Å². The number of halogens is 1. The summed E-state index contributed by atoms with van der Waals surface area (Å²) in [4.78, 5) is 10.9. The lowest BCUT2D eigenvalue weighted by molar-refractivity contribution is -0.119. The molecular formula is C6H12BrNOS. The summed E-state index contributed by atoms with van der Waals surface area (Å²) in [6.07, 6.45) is 1.98. The third-order valence-electron chi connectivity index (χ3n) is 0.948. The minimum atomic E-state index is -0.0394. The molecule has 0 bridgehead atoms. The van der Waals surface area contributed by atoms with E-state index < -0.39 is 0 Å². The molecule has 1 N–H and O–H groups in total. The molecule has 0 rings (SSSR count). The zero-order valence-electron chi connectivity index (χ0n) is 6.19. The van der Waals surface area contributed by atoms with Crippen LogP contribution in [0.25, 0.3) is 0 Å². The molecule has 0 aliphatic rings. The van der Waals surface area contributed by atoms with Crippen LogP contribution >= 0.6 is 27.7 Å². The molecule has 1 unspecified atom stereocenters. The van der Waals surface area contributed by atoms with Gasteiger partial charge < -0.3 is 5.32 Å². The van der Waals surface area contributed by atoms with E-state index in [1.807, 2.05) is 13.2 Å². The molecule has 0 radical (unpaired) electrons. The second-order valence-corrected chi connectivity index (χ2v) is 3.83. The largest absolute Gasteiger partial charge is 0.355 e. The fourth-order valence-corrected chi connectivity index (χ4v) is 1.91. The summed E-state index contributed by atoms with van der Waals surface area (Å²) in [6.45, 7) is 2.62. The first-order chi connectivity index (χ1) is 4.72. The predicted octanol–water partition coefficient (Wildman–Crippen LogP) is 1.25. The van der Waals surface area contributed by atoms with Crippen molar-refractivity contribution in [3.8, 4) is 0 Å². The Balaban J connectivity index is 3.49. The van der Waals surface area contributed by atoms with Crippen molar-refractivity contribution in [2.24, 2.45) is 0 Å². The number of hydrogen-bond acceptors (Lipinski definition) is 2. The highest BCUT2D eigenvalue weighted by atomic mass is 79.9. The van der Waals surface area contributed by atoms with E-state index >= 15 is 0 Å². The molecule has 10 heavy (non-hydrogen) atoms. The molecule has 0 aromatic carbocycles. The Morgan fingerprint density at radius 1 is 1.80 bits per heavy atom. The topological polar surface area (TPSA) is 29.1 Å². The van der Waals surface area contributed by atoms with Crippen LogP contribution in [0, 0.1) is 0 Å². The normalized spacial score (nSPS) is 12.7. The lowest BCUT2D eigenvalue weighted by Gasteiger charge is -2.06. The van der Waals surface area contributed by atoms with Gasteiger partial charge in [-0.3, -0.25) is 4.79 Å². The smallest absolute Gasteiger partial charge is 0.234 e. The van der Waals surface area contributed by atoms with E-state index in [1.165, 1.54) is 0 Å². The summed E-state index contributed by atoms with van der Waals surface area (Å²) in [7, 11) is 0. The maximum atomic E-state index is 11.0. The molecule has 0 saturated heterocycles. The molecule has 1 amide bonds. The van der Waals surface area contributed by atoms with E-state index in [0.29, 0.717) is 6.54 Å². The van der Waals surface area contributed by atoms with Gasteiger partial charge in [-0.1, -0.05) is 15.9 Å². The molecule has 0 aromatic heterocycles. The van der Waals surface area contributed by atoms with Gasteiger partial charge in [-0.05, 0) is 13.2 Å². The zero-order valence-corrected chi connectivity index (χ0v) is 8.59. The number of rotatable bonds is 4. The lowest BCUT2D eigenvalue weighted by atomic mass is 10.4. The first kappa shape index (κ1) is 10.3. The van der Waals surface area contributed by atoms with E-state index in [4.69, 9.17) is 0 Å². The summed E-state index contributed by atoms with van der Waals surface area (Å²) in [5.74, 6) is 0.906. The Kier molecular flexibility index (Phi) is 6.22. The Morgan fingerprint density at radius 3 is 2.80 bits per heavy atom. The minimum Gasteiger partial charge on any atom is -0.355 e. The molecule has 2 nitrogen and oxygen atoms in total. The maximum absolute atomic E-state index is 11.0. The van der Waals surface area contributed by atoms with Crippen LogP contribution < -0.4 is 5.32 Å². The van der Waals surface area contributed by atoms with Gasteiger partial charge in [-0.15, -0.1) is 0 Å². The van der Waals surface area contributed by atoms with E-state index in [0.717, 1.165) is 5.75 Å². The predicted molar refractivity (Wildman–Crippen MR) is 49.8 cm³/mol. The number of hydrogen-bond donors (Lipinski definition) is 1.